The molecule has 1 amide bonds. The third-order valence-corrected chi connectivity index (χ3v) is 7.99. The first-order valence-electron chi connectivity index (χ1n) is 10.6. The third-order valence-electron chi connectivity index (χ3n) is 7.80. The zero-order valence-corrected chi connectivity index (χ0v) is 17.7. The van der Waals surface area contributed by atoms with Gasteiger partial charge in [-0.15, -0.1) is 0 Å². The predicted molar refractivity (Wildman–Crippen MR) is 110 cm³/mol. The van der Waals surface area contributed by atoms with E-state index in [2.05, 4.69) is 27.3 Å². The van der Waals surface area contributed by atoms with Gasteiger partial charge >= 0.3 is 0 Å². The molecule has 0 aromatic carbocycles. The minimum absolute atomic E-state index is 0.0920. The molecular weight excluding hydrogens is 370 g/mol. The molecule has 0 radical (unpaired) electrons. The summed E-state index contributed by atoms with van der Waals surface area (Å²) in [5, 5.41) is 6.39. The number of aryl methyl sites for hydroxylation is 2. The first-order valence-corrected chi connectivity index (χ1v) is 11.0. The average molecular weight is 400 g/mol. The molecule has 6 rings (SSSR count). The molecule has 7 heteroatoms. The molecule has 0 spiro atoms. The first-order chi connectivity index (χ1) is 13.3. The van der Waals surface area contributed by atoms with Gasteiger partial charge in [-0.2, -0.15) is 4.98 Å². The van der Waals surface area contributed by atoms with E-state index in [4.69, 9.17) is 12.2 Å². The van der Waals surface area contributed by atoms with E-state index in [1.54, 1.807) is 4.52 Å². The molecule has 4 aliphatic carbocycles. The van der Waals surface area contributed by atoms with Crippen molar-refractivity contribution in [3.8, 4) is 0 Å². The van der Waals surface area contributed by atoms with Crippen LogP contribution < -0.4 is 5.32 Å². The van der Waals surface area contributed by atoms with Gasteiger partial charge in [0.1, 0.15) is 0 Å². The topological polar surface area (TPSA) is 75.1 Å². The van der Waals surface area contributed by atoms with E-state index in [-0.39, 0.29) is 11.9 Å². The van der Waals surface area contributed by atoms with Gasteiger partial charge in [0.25, 0.3) is 5.78 Å². The van der Waals surface area contributed by atoms with Crippen LogP contribution in [0.25, 0.3) is 5.78 Å². The fraction of sp³-hybridized carbons (Fsp3) is 0.714. The van der Waals surface area contributed by atoms with Gasteiger partial charge < -0.3 is 5.32 Å². The van der Waals surface area contributed by atoms with Crippen LogP contribution in [0.5, 0.6) is 0 Å². The molecule has 2 aromatic heterocycles. The number of hydrogen-bond acceptors (Lipinski definition) is 4. The van der Waals surface area contributed by atoms with Gasteiger partial charge in [0.15, 0.2) is 0 Å². The summed E-state index contributed by atoms with van der Waals surface area (Å²) in [6.45, 7) is 6.16. The highest BCUT2D eigenvalue weighted by Crippen LogP contribution is 2.61. The van der Waals surface area contributed by atoms with Crippen molar-refractivity contribution >= 4 is 23.9 Å². The van der Waals surface area contributed by atoms with E-state index >= 15 is 0 Å². The van der Waals surface area contributed by atoms with Gasteiger partial charge in [-0.25, -0.2) is 9.50 Å². The Morgan fingerprint density at radius 1 is 1.21 bits per heavy atom. The van der Waals surface area contributed by atoms with Crippen molar-refractivity contribution in [1.82, 2.24) is 24.9 Å². The summed E-state index contributed by atoms with van der Waals surface area (Å²) in [5.41, 5.74) is 3.07. The number of aromatic nitrogens is 4. The van der Waals surface area contributed by atoms with Crippen LogP contribution in [-0.2, 0) is 11.2 Å². The normalized spacial score (nSPS) is 32.0. The van der Waals surface area contributed by atoms with Gasteiger partial charge in [0.05, 0.1) is 6.42 Å². The second kappa shape index (κ2) is 6.37. The van der Waals surface area contributed by atoms with Gasteiger partial charge in [0.2, 0.25) is 10.7 Å². The number of amides is 1. The van der Waals surface area contributed by atoms with Crippen LogP contribution in [0.4, 0.5) is 0 Å². The summed E-state index contributed by atoms with van der Waals surface area (Å²) in [7, 11) is 0. The summed E-state index contributed by atoms with van der Waals surface area (Å²) in [5.74, 6) is 3.34. The van der Waals surface area contributed by atoms with Gasteiger partial charge in [-0.3, -0.25) is 9.89 Å². The molecule has 0 saturated heterocycles. The Hall–Kier alpha value is -1.76. The monoisotopic (exact) mass is 399 g/mol. The number of rotatable bonds is 4. The molecule has 2 aromatic rings. The van der Waals surface area contributed by atoms with E-state index in [0.29, 0.717) is 22.4 Å². The highest BCUT2D eigenvalue weighted by atomic mass is 32.1. The Labute approximate surface area is 170 Å². The highest BCUT2D eigenvalue weighted by molar-refractivity contribution is 7.71. The van der Waals surface area contributed by atoms with Crippen LogP contribution in [0.3, 0.4) is 0 Å². The number of carbonyl (C=O) groups excluding carboxylic acids is 1. The van der Waals surface area contributed by atoms with Crippen LogP contribution in [0.2, 0.25) is 0 Å². The van der Waals surface area contributed by atoms with E-state index < -0.39 is 0 Å². The van der Waals surface area contributed by atoms with Crippen molar-refractivity contribution in [1.29, 1.82) is 0 Å². The van der Waals surface area contributed by atoms with Gasteiger partial charge in [-0.1, -0.05) is 0 Å². The summed E-state index contributed by atoms with van der Waals surface area (Å²) in [4.78, 5) is 21.7. The van der Waals surface area contributed by atoms with Crippen molar-refractivity contribution < 1.29 is 4.79 Å². The van der Waals surface area contributed by atoms with Crippen molar-refractivity contribution in [3.05, 3.63) is 21.7 Å². The minimum Gasteiger partial charge on any atom is -0.353 e. The predicted octanol–water partition coefficient (Wildman–Crippen LogP) is 3.67. The molecule has 28 heavy (non-hydrogen) atoms. The lowest BCUT2D eigenvalue weighted by Gasteiger charge is -2.59. The summed E-state index contributed by atoms with van der Waals surface area (Å²) in [6, 6.07) is 0.241. The Morgan fingerprint density at radius 3 is 2.43 bits per heavy atom. The van der Waals surface area contributed by atoms with E-state index in [0.717, 1.165) is 34.7 Å². The van der Waals surface area contributed by atoms with Crippen LogP contribution >= 0.6 is 12.2 Å². The number of H-pyrrole nitrogens is 1. The van der Waals surface area contributed by atoms with Gasteiger partial charge in [-0.05, 0) is 94.7 Å². The Morgan fingerprint density at radius 2 is 1.82 bits per heavy atom. The highest BCUT2D eigenvalue weighted by Gasteiger charge is 2.53. The molecule has 2 N–H and O–H groups in total. The zero-order chi connectivity index (χ0) is 19.6. The third kappa shape index (κ3) is 2.90. The number of carbonyl (C=O) groups is 1. The molecule has 1 atom stereocenters. The maximum Gasteiger partial charge on any atom is 0.252 e. The van der Waals surface area contributed by atoms with Crippen molar-refractivity contribution in [3.63, 3.8) is 0 Å². The van der Waals surface area contributed by atoms with Crippen LogP contribution in [0.1, 0.15) is 62.4 Å². The molecule has 4 fully saturated rings. The van der Waals surface area contributed by atoms with Crippen molar-refractivity contribution in [2.45, 2.75) is 71.8 Å². The molecule has 4 bridgehead atoms. The molecule has 0 unspecified atom stereocenters. The molecular formula is C21H29N5OS. The number of nitrogens with zero attached hydrogens (tertiary/aromatic N) is 3. The maximum atomic E-state index is 13.0. The van der Waals surface area contributed by atoms with Crippen molar-refractivity contribution in [2.75, 3.05) is 0 Å². The zero-order valence-electron chi connectivity index (χ0n) is 16.9. The molecule has 4 saturated carbocycles. The van der Waals surface area contributed by atoms with Crippen molar-refractivity contribution in [2.24, 2.45) is 23.2 Å². The largest absolute Gasteiger partial charge is 0.353 e. The van der Waals surface area contributed by atoms with Crippen LogP contribution in [0.15, 0.2) is 0 Å². The SMILES string of the molecule is Cc1nc2nc(=S)[nH]n2c(C)c1CC(=O)N[C@@H](C)C12CC3CC(CC(C3)C1)C2. The number of nitrogens with one attached hydrogen (secondary N) is 2. The first kappa shape index (κ1) is 18.3. The standard InChI is InChI=1S/C21H29N5OS/c1-11-17(12(2)26-19(22-11)24-20(28)25-26)7-18(27)23-13(3)21-8-14-4-15(9-21)6-16(5-14)10-21/h13-16H,4-10H2,1-3H3,(H,23,27)(H,25,28)/t13-,14?,15?,16?,21?/m0/s1. The Balaban J connectivity index is 1.34. The van der Waals surface area contributed by atoms with E-state index in [1.165, 1.54) is 38.5 Å². The van der Waals surface area contributed by atoms with E-state index in [9.17, 15) is 4.79 Å². The number of fused-ring (bicyclic) bond motifs is 1. The molecule has 0 aliphatic heterocycles. The lowest BCUT2D eigenvalue weighted by Crippen LogP contribution is -2.56. The number of hydrogen-bond donors (Lipinski definition) is 2. The summed E-state index contributed by atoms with van der Waals surface area (Å²) < 4.78 is 2.19. The second-order valence-electron chi connectivity index (χ2n) is 9.67. The fourth-order valence-corrected chi connectivity index (χ4v) is 6.98. The quantitative estimate of drug-likeness (QED) is 0.769. The molecule has 2 heterocycles. The minimum atomic E-state index is 0.0920. The smallest absolute Gasteiger partial charge is 0.252 e. The summed E-state index contributed by atoms with van der Waals surface area (Å²) in [6.07, 6.45) is 8.53. The number of aromatic amines is 1. The molecule has 4 aliphatic rings. The average Bonchev–Trinajstić information content (AvgIpc) is 2.98. The van der Waals surface area contributed by atoms with Crippen LogP contribution in [0, 0.1) is 41.8 Å². The lowest BCUT2D eigenvalue weighted by molar-refractivity contribution is -0.125. The lowest BCUT2D eigenvalue weighted by atomic mass is 9.48. The Bertz CT molecular complexity index is 971. The molecule has 150 valence electrons. The molecule has 6 nitrogen and oxygen atoms in total. The van der Waals surface area contributed by atoms with Gasteiger partial charge in [0, 0.05) is 23.0 Å². The van der Waals surface area contributed by atoms with Crippen LogP contribution in [-0.4, -0.2) is 31.5 Å². The summed E-state index contributed by atoms with van der Waals surface area (Å²) >= 11 is 5.12. The Kier molecular flexibility index (Phi) is 4.16. The maximum absolute atomic E-state index is 13.0. The van der Waals surface area contributed by atoms with E-state index in [1.807, 2.05) is 13.8 Å². The second-order valence-corrected chi connectivity index (χ2v) is 10.1. The fourth-order valence-electron chi connectivity index (χ4n) is 6.80.